The molecular weight excluding hydrogens is 308 g/mol. The van der Waals surface area contributed by atoms with E-state index in [0.29, 0.717) is 19.8 Å². The summed E-state index contributed by atoms with van der Waals surface area (Å²) in [4.78, 5) is 0. The molecule has 0 aliphatic carbocycles. The minimum atomic E-state index is -1.06. The summed E-state index contributed by atoms with van der Waals surface area (Å²) in [6.07, 6.45) is 6.89. The lowest BCUT2D eigenvalue weighted by molar-refractivity contribution is -0.387. The second kappa shape index (κ2) is 15.3. The van der Waals surface area contributed by atoms with Crippen LogP contribution >= 0.6 is 0 Å². The highest BCUT2D eigenvalue weighted by Crippen LogP contribution is 2.26. The molecule has 1 unspecified atom stereocenters. The van der Waals surface area contributed by atoms with Gasteiger partial charge in [0, 0.05) is 6.61 Å². The molecule has 0 heterocycles. The first-order valence-corrected chi connectivity index (χ1v) is 10.7. The van der Waals surface area contributed by atoms with E-state index in [0.717, 1.165) is 44.9 Å². The maximum atomic E-state index is 6.12. The Morgan fingerprint density at radius 3 is 1.87 bits per heavy atom. The van der Waals surface area contributed by atoms with Crippen molar-refractivity contribution in [2.24, 2.45) is 0 Å². The molecule has 5 heteroatoms. The Morgan fingerprint density at radius 2 is 1.43 bits per heavy atom. The summed E-state index contributed by atoms with van der Waals surface area (Å²) < 4.78 is 24.4. The van der Waals surface area contributed by atoms with Crippen LogP contribution in [0.25, 0.3) is 0 Å². The van der Waals surface area contributed by atoms with Gasteiger partial charge < -0.3 is 18.6 Å². The van der Waals surface area contributed by atoms with Gasteiger partial charge >= 0.3 is 5.97 Å². The predicted molar refractivity (Wildman–Crippen MR) is 99.2 cm³/mol. The zero-order valence-corrected chi connectivity index (χ0v) is 17.2. The molecule has 0 aromatic heterocycles. The standard InChI is InChI=1S/C18H38O4Si/c1-6-11-14-19-17(9-4)18(22-23-10-5,20-15-12-7-2)21-16-13-8-3/h10,17H,5-9,11-16,23H2,1-4H3. The van der Waals surface area contributed by atoms with Gasteiger partial charge in [-0.05, 0) is 25.7 Å². The summed E-state index contributed by atoms with van der Waals surface area (Å²) in [6.45, 7) is 14.3. The topological polar surface area (TPSA) is 36.9 Å². The molecule has 0 N–H and O–H groups in total. The number of rotatable bonds is 17. The summed E-state index contributed by atoms with van der Waals surface area (Å²) in [7, 11) is -0.898. The van der Waals surface area contributed by atoms with E-state index in [1.807, 2.05) is 5.70 Å². The quantitative estimate of drug-likeness (QED) is 0.226. The fourth-order valence-electron chi connectivity index (χ4n) is 2.14. The molecule has 0 radical (unpaired) electrons. The second-order valence-electron chi connectivity index (χ2n) is 5.73. The fraction of sp³-hybridized carbons (Fsp3) is 0.889. The van der Waals surface area contributed by atoms with Crippen molar-refractivity contribution in [2.75, 3.05) is 19.8 Å². The molecule has 0 fully saturated rings. The highest BCUT2D eigenvalue weighted by molar-refractivity contribution is 6.34. The second-order valence-corrected chi connectivity index (χ2v) is 6.93. The lowest BCUT2D eigenvalue weighted by Gasteiger charge is -2.39. The van der Waals surface area contributed by atoms with Crippen LogP contribution in [0.5, 0.6) is 0 Å². The van der Waals surface area contributed by atoms with Crippen molar-refractivity contribution in [1.82, 2.24) is 0 Å². The van der Waals surface area contributed by atoms with Crippen LogP contribution in [0.15, 0.2) is 12.3 Å². The van der Waals surface area contributed by atoms with Crippen LogP contribution in [0.4, 0.5) is 0 Å². The van der Waals surface area contributed by atoms with Gasteiger partial charge in [-0.1, -0.05) is 52.7 Å². The molecule has 0 aromatic carbocycles. The number of hydrogen-bond acceptors (Lipinski definition) is 4. The van der Waals surface area contributed by atoms with Gasteiger partial charge in [0.2, 0.25) is 0 Å². The molecule has 0 saturated heterocycles. The summed E-state index contributed by atoms with van der Waals surface area (Å²) in [5.74, 6) is -1.06. The molecule has 0 bridgehead atoms. The summed E-state index contributed by atoms with van der Waals surface area (Å²) in [5.41, 5.74) is 1.86. The first kappa shape index (κ1) is 22.8. The lowest BCUT2D eigenvalue weighted by Crippen LogP contribution is -2.52. The first-order chi connectivity index (χ1) is 11.2. The number of hydrogen-bond donors (Lipinski definition) is 0. The zero-order chi connectivity index (χ0) is 17.4. The Hall–Kier alpha value is -0.203. The molecule has 0 aliphatic rings. The predicted octanol–water partition coefficient (Wildman–Crippen LogP) is 4.11. The van der Waals surface area contributed by atoms with Crippen molar-refractivity contribution < 1.29 is 18.6 Å². The van der Waals surface area contributed by atoms with E-state index in [9.17, 15) is 0 Å². The third-order valence-corrected chi connectivity index (χ3v) is 4.39. The minimum absolute atomic E-state index is 0.199. The lowest BCUT2D eigenvalue weighted by atomic mass is 10.2. The van der Waals surface area contributed by atoms with Gasteiger partial charge in [0.25, 0.3) is 0 Å². The van der Waals surface area contributed by atoms with E-state index in [1.54, 1.807) is 0 Å². The molecule has 138 valence electrons. The van der Waals surface area contributed by atoms with Gasteiger partial charge in [0.15, 0.2) is 9.76 Å². The van der Waals surface area contributed by atoms with Crippen LogP contribution in [-0.4, -0.2) is 41.7 Å². The smallest absolute Gasteiger partial charge is 0.301 e. The SMILES string of the molecule is C=C[SiH2]OC(OCCCC)(OCCCC)C(CC)OCCCC. The van der Waals surface area contributed by atoms with Gasteiger partial charge in [-0.2, -0.15) is 0 Å². The largest absolute Gasteiger partial charge is 0.370 e. The molecule has 0 spiro atoms. The van der Waals surface area contributed by atoms with E-state index in [2.05, 4.69) is 34.3 Å². The van der Waals surface area contributed by atoms with E-state index in [4.69, 9.17) is 18.6 Å². The van der Waals surface area contributed by atoms with E-state index < -0.39 is 15.7 Å². The summed E-state index contributed by atoms with van der Waals surface area (Å²) >= 11 is 0. The fourth-order valence-corrected chi connectivity index (χ4v) is 2.84. The van der Waals surface area contributed by atoms with Crippen LogP contribution in [0.2, 0.25) is 0 Å². The molecule has 1 atom stereocenters. The number of ether oxygens (including phenoxy) is 3. The highest BCUT2D eigenvalue weighted by atomic mass is 28.2. The van der Waals surface area contributed by atoms with Crippen molar-refractivity contribution in [3.8, 4) is 0 Å². The normalized spacial score (nSPS) is 13.7. The Kier molecular flexibility index (Phi) is 15.2. The Balaban J connectivity index is 5.03. The van der Waals surface area contributed by atoms with E-state index in [1.165, 1.54) is 0 Å². The van der Waals surface area contributed by atoms with Crippen LogP contribution in [-0.2, 0) is 18.6 Å². The molecule has 4 nitrogen and oxygen atoms in total. The van der Waals surface area contributed by atoms with Gasteiger partial charge in [-0.3, -0.25) is 0 Å². The first-order valence-electron chi connectivity index (χ1n) is 9.34. The Morgan fingerprint density at radius 1 is 0.913 bits per heavy atom. The third kappa shape index (κ3) is 9.62. The summed E-state index contributed by atoms with van der Waals surface area (Å²) in [6, 6.07) is 0. The summed E-state index contributed by atoms with van der Waals surface area (Å²) in [5, 5.41) is 0. The maximum absolute atomic E-state index is 6.12. The van der Waals surface area contributed by atoms with E-state index >= 15 is 0 Å². The van der Waals surface area contributed by atoms with Crippen molar-refractivity contribution in [1.29, 1.82) is 0 Å². The molecule has 0 amide bonds. The molecule has 0 saturated carbocycles. The molecule has 23 heavy (non-hydrogen) atoms. The monoisotopic (exact) mass is 346 g/mol. The van der Waals surface area contributed by atoms with Gasteiger partial charge in [-0.15, -0.1) is 6.58 Å². The van der Waals surface area contributed by atoms with Crippen LogP contribution < -0.4 is 0 Å². The Labute approximate surface area is 145 Å². The van der Waals surface area contributed by atoms with Crippen LogP contribution in [0.3, 0.4) is 0 Å². The van der Waals surface area contributed by atoms with Gasteiger partial charge in [0.1, 0.15) is 6.10 Å². The van der Waals surface area contributed by atoms with Crippen LogP contribution in [0.1, 0.15) is 72.6 Å². The van der Waals surface area contributed by atoms with Crippen molar-refractivity contribution in [3.05, 3.63) is 12.3 Å². The van der Waals surface area contributed by atoms with Crippen molar-refractivity contribution >= 4 is 9.76 Å². The van der Waals surface area contributed by atoms with Crippen molar-refractivity contribution in [3.63, 3.8) is 0 Å². The average Bonchev–Trinajstić information content (AvgIpc) is 2.57. The maximum Gasteiger partial charge on any atom is 0.301 e. The third-order valence-electron chi connectivity index (χ3n) is 3.59. The van der Waals surface area contributed by atoms with Gasteiger partial charge in [0.05, 0.1) is 13.2 Å². The highest BCUT2D eigenvalue weighted by Gasteiger charge is 2.42. The zero-order valence-electron chi connectivity index (χ0n) is 15.8. The number of unbranched alkanes of at least 4 members (excludes halogenated alkanes) is 3. The molecule has 0 aliphatic heterocycles. The molecular formula is C18H38O4Si. The molecule has 0 rings (SSSR count). The molecule has 0 aromatic rings. The Bertz CT molecular complexity index is 264. The van der Waals surface area contributed by atoms with Crippen LogP contribution in [0, 0.1) is 0 Å². The van der Waals surface area contributed by atoms with E-state index in [-0.39, 0.29) is 6.10 Å². The van der Waals surface area contributed by atoms with Gasteiger partial charge in [-0.25, -0.2) is 0 Å². The van der Waals surface area contributed by atoms with Crippen molar-refractivity contribution in [2.45, 2.75) is 84.7 Å². The average molecular weight is 347 g/mol. The minimum Gasteiger partial charge on any atom is -0.370 e.